The largest absolute Gasteiger partial charge is 0.344 e. The minimum absolute atomic E-state index is 0.0384. The fourth-order valence-corrected chi connectivity index (χ4v) is 2.76. The van der Waals surface area contributed by atoms with Gasteiger partial charge in [-0.25, -0.2) is 4.39 Å². The van der Waals surface area contributed by atoms with Gasteiger partial charge in [-0.15, -0.1) is 0 Å². The van der Waals surface area contributed by atoms with Crippen LogP contribution in [0, 0.1) is 5.82 Å². The number of benzene rings is 1. The van der Waals surface area contributed by atoms with Gasteiger partial charge in [0.1, 0.15) is 5.82 Å². The molecule has 1 aromatic rings. The molecule has 1 aliphatic carbocycles. The molecule has 0 aliphatic heterocycles. The molecule has 4 heteroatoms. The first-order chi connectivity index (χ1) is 8.24. The Labute approximate surface area is 105 Å². The first-order valence-electron chi connectivity index (χ1n) is 5.98. The van der Waals surface area contributed by atoms with Crippen molar-refractivity contribution in [1.82, 2.24) is 5.32 Å². The summed E-state index contributed by atoms with van der Waals surface area (Å²) in [7, 11) is 0. The highest BCUT2D eigenvalue weighted by Crippen LogP contribution is 2.22. The lowest BCUT2D eigenvalue weighted by atomic mass is 9.96. The normalized spacial score (nSPS) is 16.8. The molecule has 0 aromatic heterocycles. The van der Waals surface area contributed by atoms with E-state index in [0.717, 1.165) is 29.5 Å². The van der Waals surface area contributed by atoms with Crippen molar-refractivity contribution >= 4 is 17.0 Å². The van der Waals surface area contributed by atoms with Gasteiger partial charge in [0, 0.05) is 10.9 Å². The maximum Gasteiger partial charge on any atom is 0.284 e. The van der Waals surface area contributed by atoms with Crippen LogP contribution in [0.1, 0.15) is 32.1 Å². The molecule has 2 rings (SSSR count). The van der Waals surface area contributed by atoms with E-state index in [1.165, 1.54) is 31.4 Å². The second-order valence-electron chi connectivity index (χ2n) is 4.32. The number of nitrogens with one attached hydrogen (secondary N) is 1. The maximum absolute atomic E-state index is 12.7. The van der Waals surface area contributed by atoms with Gasteiger partial charge in [-0.1, -0.05) is 19.3 Å². The predicted octanol–water partition coefficient (Wildman–Crippen LogP) is 3.96. The summed E-state index contributed by atoms with van der Waals surface area (Å²) in [6.45, 7) is 0. The number of thioether (sulfide) groups is 1. The smallest absolute Gasteiger partial charge is 0.284 e. The molecular formula is C13H16FNOS. The average Bonchev–Trinajstić information content (AvgIpc) is 2.33. The van der Waals surface area contributed by atoms with E-state index in [4.69, 9.17) is 0 Å². The molecule has 1 fully saturated rings. The Morgan fingerprint density at radius 2 is 1.82 bits per heavy atom. The molecule has 17 heavy (non-hydrogen) atoms. The van der Waals surface area contributed by atoms with Gasteiger partial charge in [-0.2, -0.15) is 0 Å². The second-order valence-corrected chi connectivity index (χ2v) is 5.37. The monoisotopic (exact) mass is 253 g/mol. The minimum atomic E-state index is -0.276. The van der Waals surface area contributed by atoms with E-state index < -0.39 is 0 Å². The van der Waals surface area contributed by atoms with Crippen molar-refractivity contribution in [3.63, 3.8) is 0 Å². The van der Waals surface area contributed by atoms with Crippen LogP contribution in [0.2, 0.25) is 0 Å². The average molecular weight is 253 g/mol. The third-order valence-corrected chi connectivity index (χ3v) is 3.76. The van der Waals surface area contributed by atoms with Crippen molar-refractivity contribution in [3.8, 4) is 0 Å². The van der Waals surface area contributed by atoms with Gasteiger partial charge in [-0.3, -0.25) is 4.79 Å². The summed E-state index contributed by atoms with van der Waals surface area (Å²) in [4.78, 5) is 12.5. The molecule has 1 aliphatic rings. The van der Waals surface area contributed by atoms with Crippen molar-refractivity contribution in [1.29, 1.82) is 0 Å². The van der Waals surface area contributed by atoms with Gasteiger partial charge in [0.05, 0.1) is 0 Å². The molecule has 92 valence electrons. The molecule has 0 heterocycles. The van der Waals surface area contributed by atoms with Crippen LogP contribution in [0.5, 0.6) is 0 Å². The van der Waals surface area contributed by atoms with Crippen LogP contribution < -0.4 is 5.32 Å². The molecule has 1 amide bonds. The van der Waals surface area contributed by atoms with E-state index in [9.17, 15) is 9.18 Å². The number of rotatable bonds is 2. The van der Waals surface area contributed by atoms with Crippen molar-refractivity contribution in [3.05, 3.63) is 30.1 Å². The fourth-order valence-electron chi connectivity index (χ4n) is 2.05. The highest BCUT2D eigenvalue weighted by molar-refractivity contribution is 8.13. The van der Waals surface area contributed by atoms with Crippen LogP contribution in [0.4, 0.5) is 9.18 Å². The van der Waals surface area contributed by atoms with Crippen LogP contribution in [0.25, 0.3) is 0 Å². The van der Waals surface area contributed by atoms with Crippen LogP contribution in [-0.2, 0) is 0 Å². The summed E-state index contributed by atoms with van der Waals surface area (Å²) in [5.41, 5.74) is 0. The standard InChI is InChI=1S/C13H16FNOS/c14-10-6-8-12(9-7-10)17-13(16)15-11-4-2-1-3-5-11/h6-9,11H,1-5H2,(H,15,16). The number of halogens is 1. The second kappa shape index (κ2) is 6.05. The zero-order chi connectivity index (χ0) is 12.1. The molecule has 0 saturated heterocycles. The molecule has 0 unspecified atom stereocenters. The number of hydrogen-bond acceptors (Lipinski definition) is 2. The summed E-state index contributed by atoms with van der Waals surface area (Å²) in [5.74, 6) is -0.276. The van der Waals surface area contributed by atoms with Gasteiger partial charge < -0.3 is 5.32 Å². The highest BCUT2D eigenvalue weighted by Gasteiger charge is 2.16. The van der Waals surface area contributed by atoms with Crippen LogP contribution >= 0.6 is 11.8 Å². The van der Waals surface area contributed by atoms with Gasteiger partial charge >= 0.3 is 0 Å². The maximum atomic E-state index is 12.7. The Hall–Kier alpha value is -1.03. The molecular weight excluding hydrogens is 237 g/mol. The number of carbonyl (C=O) groups excluding carboxylic acids is 1. The van der Waals surface area contributed by atoms with Crippen LogP contribution in [0.15, 0.2) is 29.2 Å². The topological polar surface area (TPSA) is 29.1 Å². The summed E-state index contributed by atoms with van der Waals surface area (Å²) in [6, 6.07) is 6.32. The van der Waals surface area contributed by atoms with Crippen LogP contribution in [-0.4, -0.2) is 11.3 Å². The Morgan fingerprint density at radius 1 is 1.18 bits per heavy atom. The fraction of sp³-hybridized carbons (Fsp3) is 0.462. The minimum Gasteiger partial charge on any atom is -0.344 e. The molecule has 0 bridgehead atoms. The highest BCUT2D eigenvalue weighted by atomic mass is 32.2. The Morgan fingerprint density at radius 3 is 2.47 bits per heavy atom. The van der Waals surface area contributed by atoms with E-state index in [0.29, 0.717) is 6.04 Å². The van der Waals surface area contributed by atoms with E-state index in [1.807, 2.05) is 0 Å². The van der Waals surface area contributed by atoms with Gasteiger partial charge in [-0.05, 0) is 48.9 Å². The van der Waals surface area contributed by atoms with Gasteiger partial charge in [0.15, 0.2) is 0 Å². The van der Waals surface area contributed by atoms with Crippen LogP contribution in [0.3, 0.4) is 0 Å². The summed E-state index contributed by atoms with van der Waals surface area (Å²) >= 11 is 1.13. The van der Waals surface area contributed by atoms with Gasteiger partial charge in [0.25, 0.3) is 5.24 Å². The van der Waals surface area contributed by atoms with E-state index in [1.54, 1.807) is 12.1 Å². The molecule has 1 N–H and O–H groups in total. The van der Waals surface area contributed by atoms with E-state index in [-0.39, 0.29) is 11.1 Å². The van der Waals surface area contributed by atoms with E-state index in [2.05, 4.69) is 5.32 Å². The third-order valence-electron chi connectivity index (χ3n) is 2.95. The lowest BCUT2D eigenvalue weighted by Gasteiger charge is -2.22. The zero-order valence-corrected chi connectivity index (χ0v) is 10.4. The summed E-state index contributed by atoms with van der Waals surface area (Å²) in [5, 5.41) is 2.97. The van der Waals surface area contributed by atoms with Crippen molar-refractivity contribution < 1.29 is 9.18 Å². The predicted molar refractivity (Wildman–Crippen MR) is 67.7 cm³/mol. The quantitative estimate of drug-likeness (QED) is 0.808. The first-order valence-corrected chi connectivity index (χ1v) is 6.79. The number of hydrogen-bond donors (Lipinski definition) is 1. The molecule has 1 aromatic carbocycles. The number of carbonyl (C=O) groups is 1. The Bertz CT molecular complexity index is 374. The van der Waals surface area contributed by atoms with Gasteiger partial charge in [0.2, 0.25) is 0 Å². The van der Waals surface area contributed by atoms with Crippen molar-refractivity contribution in [2.75, 3.05) is 0 Å². The van der Waals surface area contributed by atoms with Crippen molar-refractivity contribution in [2.45, 2.75) is 43.0 Å². The Balaban J connectivity index is 1.82. The lowest BCUT2D eigenvalue weighted by Crippen LogP contribution is -2.33. The molecule has 1 saturated carbocycles. The molecule has 0 atom stereocenters. The van der Waals surface area contributed by atoms with E-state index >= 15 is 0 Å². The lowest BCUT2D eigenvalue weighted by molar-refractivity contribution is 0.253. The Kier molecular flexibility index (Phi) is 4.42. The summed E-state index contributed by atoms with van der Waals surface area (Å²) in [6.07, 6.45) is 5.83. The first kappa shape index (κ1) is 12.4. The zero-order valence-electron chi connectivity index (χ0n) is 9.62. The number of amides is 1. The molecule has 0 spiro atoms. The summed E-state index contributed by atoms with van der Waals surface area (Å²) < 4.78 is 12.7. The van der Waals surface area contributed by atoms with Crippen molar-refractivity contribution in [2.24, 2.45) is 0 Å². The molecule has 0 radical (unpaired) electrons. The SMILES string of the molecule is O=C(NC1CCCCC1)Sc1ccc(F)cc1. The third kappa shape index (κ3) is 4.04. The molecule has 2 nitrogen and oxygen atoms in total.